The quantitative estimate of drug-likeness (QED) is 0.157. The molecule has 37 heavy (non-hydrogen) atoms. The van der Waals surface area contributed by atoms with Gasteiger partial charge in [0.05, 0.1) is 10.6 Å². The average molecular weight is 620 g/mol. The van der Waals surface area contributed by atoms with Crippen molar-refractivity contribution in [2.24, 2.45) is 0 Å². The highest BCUT2D eigenvalue weighted by atomic mass is 79.9. The van der Waals surface area contributed by atoms with Gasteiger partial charge in [-0.2, -0.15) is 0 Å². The number of amides is 1. The summed E-state index contributed by atoms with van der Waals surface area (Å²) in [6.45, 7) is 0.668. The summed E-state index contributed by atoms with van der Waals surface area (Å²) in [5, 5.41) is 5.78. The lowest BCUT2D eigenvalue weighted by atomic mass is 10.2. The summed E-state index contributed by atoms with van der Waals surface area (Å²) in [6.07, 6.45) is 0. The first-order valence-electron chi connectivity index (χ1n) is 10.8. The van der Waals surface area contributed by atoms with Crippen molar-refractivity contribution in [3.63, 3.8) is 0 Å². The smallest absolute Gasteiger partial charge is 0.258 e. The van der Waals surface area contributed by atoms with Crippen molar-refractivity contribution < 1.29 is 26.7 Å². The summed E-state index contributed by atoms with van der Waals surface area (Å²) in [6, 6.07) is 11.8. The summed E-state index contributed by atoms with van der Waals surface area (Å²) < 4.78 is 69.4. The highest BCUT2D eigenvalue weighted by Crippen LogP contribution is 2.31. The molecule has 4 rings (SSSR count). The molecule has 2 N–H and O–H groups in total. The van der Waals surface area contributed by atoms with Gasteiger partial charge in [0.25, 0.3) is 5.91 Å². The molecule has 13 heteroatoms. The minimum atomic E-state index is -2.18. The topological polar surface area (TPSA) is 47.6 Å². The number of benzene rings is 3. The number of piperazine rings is 1. The summed E-state index contributed by atoms with van der Waals surface area (Å²) >= 11 is 14.6. The Hall–Kier alpha value is -2.96. The molecule has 3 aromatic rings. The zero-order valence-electron chi connectivity index (χ0n) is 18.7. The zero-order chi connectivity index (χ0) is 26.9. The number of nitrogens with zero attached hydrogens (tertiary/aromatic N) is 2. The Morgan fingerprint density at radius 3 is 1.97 bits per heavy atom. The van der Waals surface area contributed by atoms with E-state index in [0.29, 0.717) is 10.2 Å². The van der Waals surface area contributed by atoms with Crippen molar-refractivity contribution in [1.82, 2.24) is 5.32 Å². The van der Waals surface area contributed by atoms with Crippen molar-refractivity contribution in [2.45, 2.75) is 0 Å². The number of nitrogens with one attached hydrogen (secondary N) is 2. The van der Waals surface area contributed by atoms with Gasteiger partial charge in [0, 0.05) is 42.0 Å². The van der Waals surface area contributed by atoms with Crippen LogP contribution in [-0.4, -0.2) is 37.2 Å². The standard InChI is InChI=1S/C24H17BrClF5N4OS/c25-12-1-6-16(26)15(11-12)23(36)33-24(37)32-13-2-4-14(5-3-13)34-7-9-35(10-8-34)22-20(30)18(28)17(27)19(29)21(22)31/h1-6,11H,7-10H2,(H2,32,33,36,37). The predicted molar refractivity (Wildman–Crippen MR) is 140 cm³/mol. The van der Waals surface area contributed by atoms with E-state index >= 15 is 0 Å². The second kappa shape index (κ2) is 11.2. The third kappa shape index (κ3) is 5.81. The number of carbonyl (C=O) groups excluding carboxylic acids is 1. The second-order valence-corrected chi connectivity index (χ2v) is 9.70. The molecule has 0 aromatic heterocycles. The Morgan fingerprint density at radius 1 is 0.838 bits per heavy atom. The monoisotopic (exact) mass is 618 g/mol. The lowest BCUT2D eigenvalue weighted by Crippen LogP contribution is -2.47. The zero-order valence-corrected chi connectivity index (χ0v) is 21.9. The van der Waals surface area contributed by atoms with Crippen LogP contribution in [0.3, 0.4) is 0 Å². The predicted octanol–water partition coefficient (Wildman–Crippen LogP) is 6.25. The summed E-state index contributed by atoms with van der Waals surface area (Å²) in [7, 11) is 0. The van der Waals surface area contributed by atoms with Gasteiger partial charge in [0.1, 0.15) is 5.69 Å². The fourth-order valence-corrected chi connectivity index (χ4v) is 4.59. The van der Waals surface area contributed by atoms with Gasteiger partial charge >= 0.3 is 0 Å². The molecule has 5 nitrogen and oxygen atoms in total. The van der Waals surface area contributed by atoms with Crippen molar-refractivity contribution in [1.29, 1.82) is 0 Å². The molecule has 0 bridgehead atoms. The molecule has 0 saturated carbocycles. The molecule has 194 valence electrons. The number of halogens is 7. The third-order valence-corrected chi connectivity index (χ3v) is 6.70. The Balaban J connectivity index is 1.35. The molecule has 1 saturated heterocycles. The number of hydrogen-bond donors (Lipinski definition) is 2. The van der Waals surface area contributed by atoms with Crippen molar-refractivity contribution in [3.8, 4) is 0 Å². The van der Waals surface area contributed by atoms with Crippen LogP contribution < -0.4 is 20.4 Å². The highest BCUT2D eigenvalue weighted by molar-refractivity contribution is 9.10. The molecular formula is C24H17BrClF5N4OS. The fourth-order valence-electron chi connectivity index (χ4n) is 3.82. The molecule has 1 fully saturated rings. The molecular weight excluding hydrogens is 603 g/mol. The Kier molecular flexibility index (Phi) is 8.20. The minimum Gasteiger partial charge on any atom is -0.368 e. The number of thiocarbonyl (C=S) groups is 1. The van der Waals surface area contributed by atoms with Gasteiger partial charge in [-0.3, -0.25) is 10.1 Å². The molecule has 0 atom stereocenters. The fraction of sp³-hybridized carbons (Fsp3) is 0.167. The number of carbonyl (C=O) groups is 1. The molecule has 0 aliphatic carbocycles. The number of rotatable bonds is 4. The lowest BCUT2D eigenvalue weighted by Gasteiger charge is -2.37. The Bertz CT molecular complexity index is 1340. The van der Waals surface area contributed by atoms with Crippen LogP contribution in [0.2, 0.25) is 5.02 Å². The molecule has 0 radical (unpaired) electrons. The molecule has 1 heterocycles. The van der Waals surface area contributed by atoms with E-state index in [2.05, 4.69) is 26.6 Å². The first-order chi connectivity index (χ1) is 17.6. The van der Waals surface area contributed by atoms with Crippen molar-refractivity contribution >= 4 is 67.8 Å². The SMILES string of the molecule is O=C(NC(=S)Nc1ccc(N2CCN(c3c(F)c(F)c(F)c(F)c3F)CC2)cc1)c1cc(Br)ccc1Cl. The molecule has 1 amide bonds. The maximum atomic E-state index is 14.1. The van der Waals surface area contributed by atoms with Gasteiger partial charge in [-0.05, 0) is 54.7 Å². The van der Waals surface area contributed by atoms with Crippen molar-refractivity contribution in [3.05, 3.63) is 86.6 Å². The van der Waals surface area contributed by atoms with Gasteiger partial charge in [0.15, 0.2) is 28.4 Å². The van der Waals surface area contributed by atoms with Crippen LogP contribution in [-0.2, 0) is 0 Å². The van der Waals surface area contributed by atoms with Crippen LogP contribution in [0.1, 0.15) is 10.4 Å². The van der Waals surface area contributed by atoms with E-state index in [4.69, 9.17) is 23.8 Å². The first-order valence-corrected chi connectivity index (χ1v) is 12.3. The molecule has 3 aromatic carbocycles. The van der Waals surface area contributed by atoms with Gasteiger partial charge in [0.2, 0.25) is 5.82 Å². The molecule has 1 aliphatic heterocycles. The van der Waals surface area contributed by atoms with Gasteiger partial charge in [-0.1, -0.05) is 27.5 Å². The second-order valence-electron chi connectivity index (χ2n) is 7.97. The Labute approximate surface area is 227 Å². The van der Waals surface area contributed by atoms with Crippen LogP contribution in [0.15, 0.2) is 46.9 Å². The summed E-state index contributed by atoms with van der Waals surface area (Å²) in [4.78, 5) is 15.5. The van der Waals surface area contributed by atoms with Crippen LogP contribution in [0, 0.1) is 29.1 Å². The molecule has 0 spiro atoms. The van der Waals surface area contributed by atoms with E-state index in [1.807, 2.05) is 4.90 Å². The maximum absolute atomic E-state index is 14.1. The summed E-state index contributed by atoms with van der Waals surface area (Å²) in [5.41, 5.74) is 0.698. The lowest BCUT2D eigenvalue weighted by molar-refractivity contribution is 0.0978. The van der Waals surface area contributed by atoms with E-state index in [1.54, 1.807) is 42.5 Å². The number of anilines is 3. The van der Waals surface area contributed by atoms with Crippen LogP contribution in [0.5, 0.6) is 0 Å². The van der Waals surface area contributed by atoms with Crippen LogP contribution >= 0.6 is 39.7 Å². The number of hydrogen-bond acceptors (Lipinski definition) is 4. The van der Waals surface area contributed by atoms with Gasteiger partial charge in [-0.25, -0.2) is 22.0 Å². The van der Waals surface area contributed by atoms with E-state index in [9.17, 15) is 26.7 Å². The van der Waals surface area contributed by atoms with E-state index in [1.165, 1.54) is 0 Å². The minimum absolute atomic E-state index is 0.0482. The van der Waals surface area contributed by atoms with E-state index in [0.717, 1.165) is 10.6 Å². The maximum Gasteiger partial charge on any atom is 0.258 e. The van der Waals surface area contributed by atoms with E-state index < -0.39 is 40.7 Å². The summed E-state index contributed by atoms with van der Waals surface area (Å²) in [5.74, 6) is -10.3. The largest absolute Gasteiger partial charge is 0.368 e. The highest BCUT2D eigenvalue weighted by Gasteiger charge is 2.30. The Morgan fingerprint density at radius 2 is 1.38 bits per heavy atom. The normalized spacial score (nSPS) is 13.5. The first kappa shape index (κ1) is 27.1. The van der Waals surface area contributed by atoms with E-state index in [-0.39, 0.29) is 41.9 Å². The van der Waals surface area contributed by atoms with Gasteiger partial charge in [-0.15, -0.1) is 0 Å². The average Bonchev–Trinajstić information content (AvgIpc) is 2.88. The van der Waals surface area contributed by atoms with Crippen LogP contribution in [0.4, 0.5) is 39.0 Å². The third-order valence-electron chi connectivity index (χ3n) is 5.67. The molecule has 0 unspecified atom stereocenters. The van der Waals surface area contributed by atoms with Crippen LogP contribution in [0.25, 0.3) is 0 Å². The molecule has 1 aliphatic rings. The van der Waals surface area contributed by atoms with Crippen molar-refractivity contribution in [2.75, 3.05) is 41.3 Å². The van der Waals surface area contributed by atoms with Gasteiger partial charge < -0.3 is 15.1 Å².